The van der Waals surface area contributed by atoms with E-state index in [1.54, 1.807) is 18.2 Å². The highest BCUT2D eigenvalue weighted by Crippen LogP contribution is 2.35. The molecule has 78 valence electrons. The number of benzene rings is 1. The highest BCUT2D eigenvalue weighted by atomic mass is 35.5. The SMILES string of the molecule is O=C1CC(c2cccc(Cl)c2Cl)C(=O)O1. The topological polar surface area (TPSA) is 43.4 Å². The summed E-state index contributed by atoms with van der Waals surface area (Å²) in [6.45, 7) is 0. The van der Waals surface area contributed by atoms with Crippen LogP contribution in [0.5, 0.6) is 0 Å². The standard InChI is InChI=1S/C10H6Cl2O3/c11-7-3-1-2-5(9(7)12)6-4-8(13)15-10(6)14/h1-3,6H,4H2. The Bertz CT molecular complexity index is 442. The molecule has 1 aliphatic rings. The lowest BCUT2D eigenvalue weighted by atomic mass is 9.98. The van der Waals surface area contributed by atoms with Gasteiger partial charge in [0.1, 0.15) is 0 Å². The fourth-order valence-corrected chi connectivity index (χ4v) is 1.94. The van der Waals surface area contributed by atoms with Crippen LogP contribution >= 0.6 is 23.2 Å². The second kappa shape index (κ2) is 3.83. The van der Waals surface area contributed by atoms with Gasteiger partial charge in [0.2, 0.25) is 0 Å². The van der Waals surface area contributed by atoms with E-state index >= 15 is 0 Å². The summed E-state index contributed by atoms with van der Waals surface area (Å²) < 4.78 is 4.44. The second-order valence-corrected chi connectivity index (χ2v) is 3.98. The van der Waals surface area contributed by atoms with Gasteiger partial charge in [-0.2, -0.15) is 0 Å². The van der Waals surface area contributed by atoms with Gasteiger partial charge in [0.05, 0.1) is 22.4 Å². The fraction of sp³-hybridized carbons (Fsp3) is 0.200. The van der Waals surface area contributed by atoms with Crippen LogP contribution in [-0.2, 0) is 14.3 Å². The zero-order chi connectivity index (χ0) is 11.0. The quantitative estimate of drug-likeness (QED) is 0.564. The number of carbonyl (C=O) groups excluding carboxylic acids is 2. The van der Waals surface area contributed by atoms with Crippen LogP contribution in [0.4, 0.5) is 0 Å². The van der Waals surface area contributed by atoms with Crippen molar-refractivity contribution in [1.82, 2.24) is 0 Å². The van der Waals surface area contributed by atoms with Crippen LogP contribution in [0.1, 0.15) is 17.9 Å². The first-order valence-corrected chi connectivity index (χ1v) is 5.03. The number of hydrogen-bond acceptors (Lipinski definition) is 3. The summed E-state index contributed by atoms with van der Waals surface area (Å²) in [4.78, 5) is 22.2. The molecule has 0 aromatic heterocycles. The summed E-state index contributed by atoms with van der Waals surface area (Å²) in [5.41, 5.74) is 0.542. The maximum absolute atomic E-state index is 11.3. The summed E-state index contributed by atoms with van der Waals surface area (Å²) >= 11 is 11.7. The molecule has 1 aliphatic heterocycles. The number of hydrogen-bond donors (Lipinski definition) is 0. The third kappa shape index (κ3) is 1.85. The van der Waals surface area contributed by atoms with Crippen LogP contribution in [-0.4, -0.2) is 11.9 Å². The molecule has 1 unspecified atom stereocenters. The molecular formula is C10H6Cl2O3. The number of halogens is 2. The van der Waals surface area contributed by atoms with Gasteiger partial charge in [-0.1, -0.05) is 35.3 Å². The van der Waals surface area contributed by atoms with Crippen molar-refractivity contribution < 1.29 is 14.3 Å². The molecule has 0 aliphatic carbocycles. The van der Waals surface area contributed by atoms with Gasteiger partial charge in [0.15, 0.2) is 0 Å². The Kier molecular flexibility index (Phi) is 2.67. The van der Waals surface area contributed by atoms with Crippen molar-refractivity contribution >= 4 is 35.1 Å². The molecule has 2 rings (SSSR count). The minimum Gasteiger partial charge on any atom is -0.393 e. The third-order valence-electron chi connectivity index (χ3n) is 2.23. The molecule has 1 aromatic rings. The molecule has 1 fully saturated rings. The molecule has 0 amide bonds. The maximum Gasteiger partial charge on any atom is 0.321 e. The van der Waals surface area contributed by atoms with Gasteiger partial charge in [-0.25, -0.2) is 0 Å². The molecule has 0 N–H and O–H groups in total. The second-order valence-electron chi connectivity index (χ2n) is 3.19. The van der Waals surface area contributed by atoms with Crippen LogP contribution in [0.15, 0.2) is 18.2 Å². The molecule has 0 bridgehead atoms. The predicted molar refractivity (Wildman–Crippen MR) is 54.9 cm³/mol. The third-order valence-corrected chi connectivity index (χ3v) is 3.06. The van der Waals surface area contributed by atoms with Crippen LogP contribution in [0.25, 0.3) is 0 Å². The average Bonchev–Trinajstić information content (AvgIpc) is 2.50. The van der Waals surface area contributed by atoms with Crippen molar-refractivity contribution in [1.29, 1.82) is 0 Å². The Morgan fingerprint density at radius 3 is 2.60 bits per heavy atom. The Hall–Kier alpha value is -1.06. The van der Waals surface area contributed by atoms with Crippen molar-refractivity contribution in [3.8, 4) is 0 Å². The normalized spacial score (nSPS) is 20.5. The molecule has 1 saturated heterocycles. The van der Waals surface area contributed by atoms with Gasteiger partial charge in [-0.05, 0) is 11.6 Å². The zero-order valence-corrected chi connectivity index (χ0v) is 9.01. The summed E-state index contributed by atoms with van der Waals surface area (Å²) in [5.74, 6) is -1.71. The van der Waals surface area contributed by atoms with Crippen molar-refractivity contribution in [2.45, 2.75) is 12.3 Å². The smallest absolute Gasteiger partial charge is 0.321 e. The molecule has 1 aromatic carbocycles. The first-order chi connectivity index (χ1) is 7.09. The van der Waals surface area contributed by atoms with Gasteiger partial charge >= 0.3 is 11.9 Å². The number of rotatable bonds is 1. The largest absolute Gasteiger partial charge is 0.393 e. The van der Waals surface area contributed by atoms with E-state index in [2.05, 4.69) is 4.74 Å². The van der Waals surface area contributed by atoms with Crippen LogP contribution < -0.4 is 0 Å². The van der Waals surface area contributed by atoms with Gasteiger partial charge < -0.3 is 4.74 Å². The molecule has 0 saturated carbocycles. The van der Waals surface area contributed by atoms with Gasteiger partial charge in [-0.3, -0.25) is 9.59 Å². The van der Waals surface area contributed by atoms with Crippen LogP contribution in [0.2, 0.25) is 10.0 Å². The lowest BCUT2D eigenvalue weighted by molar-refractivity contribution is -0.152. The van der Waals surface area contributed by atoms with E-state index in [4.69, 9.17) is 23.2 Å². The molecule has 0 radical (unpaired) electrons. The summed E-state index contributed by atoms with van der Waals surface area (Å²) in [6.07, 6.45) is 0.0267. The molecule has 1 atom stereocenters. The first kappa shape index (κ1) is 10.5. The minimum atomic E-state index is -0.622. The molecule has 3 nitrogen and oxygen atoms in total. The number of esters is 2. The monoisotopic (exact) mass is 244 g/mol. The molecule has 0 spiro atoms. The van der Waals surface area contributed by atoms with E-state index in [-0.39, 0.29) is 6.42 Å². The van der Waals surface area contributed by atoms with E-state index in [1.807, 2.05) is 0 Å². The summed E-state index contributed by atoms with van der Waals surface area (Å²) in [5, 5.41) is 0.664. The van der Waals surface area contributed by atoms with E-state index in [0.29, 0.717) is 15.6 Å². The van der Waals surface area contributed by atoms with Crippen molar-refractivity contribution in [3.05, 3.63) is 33.8 Å². The Morgan fingerprint density at radius 1 is 1.27 bits per heavy atom. The first-order valence-electron chi connectivity index (χ1n) is 4.28. The van der Waals surface area contributed by atoms with Crippen molar-refractivity contribution in [3.63, 3.8) is 0 Å². The number of carbonyl (C=O) groups is 2. The van der Waals surface area contributed by atoms with Gasteiger partial charge in [0.25, 0.3) is 0 Å². The van der Waals surface area contributed by atoms with E-state index in [1.165, 1.54) is 0 Å². The Labute approximate surface area is 95.9 Å². The fourth-order valence-electron chi connectivity index (χ4n) is 1.50. The minimum absolute atomic E-state index is 0.0267. The van der Waals surface area contributed by atoms with Gasteiger partial charge in [0, 0.05) is 0 Å². The highest BCUT2D eigenvalue weighted by molar-refractivity contribution is 6.42. The number of ether oxygens (including phenoxy) is 1. The van der Waals surface area contributed by atoms with Crippen LogP contribution in [0, 0.1) is 0 Å². The Morgan fingerprint density at radius 2 is 2.00 bits per heavy atom. The van der Waals surface area contributed by atoms with E-state index in [0.717, 1.165) is 0 Å². The number of cyclic esters (lactones) is 2. The average molecular weight is 245 g/mol. The maximum atomic E-state index is 11.3. The Balaban J connectivity index is 2.42. The highest BCUT2D eigenvalue weighted by Gasteiger charge is 2.36. The molecular weight excluding hydrogens is 239 g/mol. The van der Waals surface area contributed by atoms with Crippen LogP contribution in [0.3, 0.4) is 0 Å². The van der Waals surface area contributed by atoms with Crippen molar-refractivity contribution in [2.75, 3.05) is 0 Å². The van der Waals surface area contributed by atoms with E-state index in [9.17, 15) is 9.59 Å². The summed E-state index contributed by atoms with van der Waals surface area (Å²) in [6, 6.07) is 4.97. The lowest BCUT2D eigenvalue weighted by Gasteiger charge is -2.08. The predicted octanol–water partition coefficient (Wildman–Crippen LogP) is 2.55. The lowest BCUT2D eigenvalue weighted by Crippen LogP contribution is -2.06. The van der Waals surface area contributed by atoms with Crippen molar-refractivity contribution in [2.24, 2.45) is 0 Å². The summed E-state index contributed by atoms with van der Waals surface area (Å²) in [7, 11) is 0. The molecule has 5 heteroatoms. The van der Waals surface area contributed by atoms with Gasteiger partial charge in [-0.15, -0.1) is 0 Å². The molecule has 15 heavy (non-hydrogen) atoms. The zero-order valence-electron chi connectivity index (χ0n) is 7.50. The molecule has 1 heterocycles. The van der Waals surface area contributed by atoms with E-state index < -0.39 is 17.9 Å².